The van der Waals surface area contributed by atoms with Gasteiger partial charge in [-0.05, 0) is 49.6 Å². The van der Waals surface area contributed by atoms with Gasteiger partial charge in [0.05, 0.1) is 15.7 Å². The zero-order valence-electron chi connectivity index (χ0n) is 12.7. The third kappa shape index (κ3) is 3.05. The summed E-state index contributed by atoms with van der Waals surface area (Å²) >= 11 is 3.09. The molecule has 3 aromatic rings. The van der Waals surface area contributed by atoms with Crippen LogP contribution in [-0.2, 0) is 5.54 Å². The van der Waals surface area contributed by atoms with Crippen LogP contribution in [0, 0.1) is 0 Å². The number of tetrazole rings is 1. The van der Waals surface area contributed by atoms with Crippen LogP contribution in [0.25, 0.3) is 10.7 Å². The molecule has 0 aliphatic heterocycles. The fourth-order valence-electron chi connectivity index (χ4n) is 1.79. The fourth-order valence-corrected chi connectivity index (χ4v) is 3.44. The second-order valence-electron chi connectivity index (χ2n) is 5.74. The molecule has 0 N–H and O–H groups in total. The van der Waals surface area contributed by atoms with Crippen LogP contribution >= 0.6 is 23.1 Å². The molecular weight excluding hydrogens is 320 g/mol. The van der Waals surface area contributed by atoms with Crippen LogP contribution in [0.1, 0.15) is 38.8 Å². The van der Waals surface area contributed by atoms with Gasteiger partial charge < -0.3 is 4.52 Å². The van der Waals surface area contributed by atoms with Gasteiger partial charge in [0.1, 0.15) is 0 Å². The van der Waals surface area contributed by atoms with E-state index in [0.29, 0.717) is 11.7 Å². The predicted octanol–water partition coefficient (Wildman–Crippen LogP) is 3.39. The van der Waals surface area contributed by atoms with Gasteiger partial charge in [0, 0.05) is 0 Å². The first kappa shape index (κ1) is 15.2. The van der Waals surface area contributed by atoms with Gasteiger partial charge >= 0.3 is 0 Å². The number of hydrogen-bond acceptors (Lipinski definition) is 8. The van der Waals surface area contributed by atoms with Crippen LogP contribution in [0.15, 0.2) is 27.2 Å². The maximum absolute atomic E-state index is 5.37. The molecule has 1 atom stereocenters. The summed E-state index contributed by atoms with van der Waals surface area (Å²) in [6.45, 7) is 8.16. The average Bonchev–Trinajstić information content (AvgIpc) is 3.18. The van der Waals surface area contributed by atoms with Gasteiger partial charge in [-0.15, -0.1) is 16.4 Å². The summed E-state index contributed by atoms with van der Waals surface area (Å²) in [6, 6.07) is 3.93. The monoisotopic (exact) mass is 336 g/mol. The predicted molar refractivity (Wildman–Crippen MR) is 84.7 cm³/mol. The summed E-state index contributed by atoms with van der Waals surface area (Å²) in [5, 5.41) is 18.6. The lowest BCUT2D eigenvalue weighted by molar-refractivity contribution is 0.320. The molecule has 3 heterocycles. The van der Waals surface area contributed by atoms with Crippen LogP contribution in [0.2, 0.25) is 0 Å². The lowest BCUT2D eigenvalue weighted by Gasteiger charge is -2.19. The van der Waals surface area contributed by atoms with Crippen molar-refractivity contribution in [3.05, 3.63) is 23.4 Å². The number of rotatable bonds is 4. The molecule has 0 spiro atoms. The van der Waals surface area contributed by atoms with E-state index in [2.05, 4.69) is 46.4 Å². The molecule has 0 saturated heterocycles. The molecule has 0 aromatic carbocycles. The Morgan fingerprint density at radius 1 is 1.36 bits per heavy atom. The molecule has 0 saturated carbocycles. The molecule has 22 heavy (non-hydrogen) atoms. The third-order valence-electron chi connectivity index (χ3n) is 2.89. The number of thioether (sulfide) groups is 1. The summed E-state index contributed by atoms with van der Waals surface area (Å²) < 4.78 is 7.17. The molecule has 3 aromatic heterocycles. The van der Waals surface area contributed by atoms with Crippen molar-refractivity contribution in [1.82, 2.24) is 30.3 Å². The lowest BCUT2D eigenvalue weighted by Crippen LogP contribution is -2.24. The minimum Gasteiger partial charge on any atom is -0.338 e. The van der Waals surface area contributed by atoms with E-state index < -0.39 is 0 Å². The van der Waals surface area contributed by atoms with Gasteiger partial charge in [0.2, 0.25) is 16.9 Å². The standard InChI is InChI=1S/C13H16N6OS2/c1-8(22-12-15-17-18-19(12)13(2,3)4)11-14-10(16-20-11)9-6-5-7-21-9/h5-8H,1-4H3. The minimum absolute atomic E-state index is 0.0340. The maximum Gasteiger partial charge on any atom is 0.240 e. The quantitative estimate of drug-likeness (QED) is 0.675. The lowest BCUT2D eigenvalue weighted by atomic mass is 10.1. The van der Waals surface area contributed by atoms with E-state index in [9.17, 15) is 0 Å². The van der Waals surface area contributed by atoms with Gasteiger partial charge in [-0.3, -0.25) is 0 Å². The van der Waals surface area contributed by atoms with Crippen molar-refractivity contribution >= 4 is 23.1 Å². The highest BCUT2D eigenvalue weighted by molar-refractivity contribution is 7.99. The SMILES string of the molecule is CC(Sc1nnnn1C(C)(C)C)c1nc(-c2cccs2)no1. The molecule has 0 aliphatic rings. The highest BCUT2D eigenvalue weighted by Gasteiger charge is 2.24. The summed E-state index contributed by atoms with van der Waals surface area (Å²) in [7, 11) is 0. The summed E-state index contributed by atoms with van der Waals surface area (Å²) in [5.41, 5.74) is -0.178. The van der Waals surface area contributed by atoms with Crippen LogP contribution in [0.4, 0.5) is 0 Å². The van der Waals surface area contributed by atoms with Gasteiger partial charge in [0.25, 0.3) is 0 Å². The molecule has 0 fully saturated rings. The van der Waals surface area contributed by atoms with Crippen LogP contribution in [0.3, 0.4) is 0 Å². The van der Waals surface area contributed by atoms with Crippen molar-refractivity contribution in [2.75, 3.05) is 0 Å². The topological polar surface area (TPSA) is 82.5 Å². The summed E-state index contributed by atoms with van der Waals surface area (Å²) in [4.78, 5) is 5.45. The Bertz CT molecular complexity index is 743. The second-order valence-corrected chi connectivity index (χ2v) is 7.99. The first-order chi connectivity index (χ1) is 10.4. The Kier molecular flexibility index (Phi) is 4.00. The average molecular weight is 336 g/mol. The van der Waals surface area contributed by atoms with E-state index in [1.165, 1.54) is 11.8 Å². The fraction of sp³-hybridized carbons (Fsp3) is 0.462. The molecule has 0 aliphatic carbocycles. The van der Waals surface area contributed by atoms with Crippen LogP contribution in [0.5, 0.6) is 0 Å². The highest BCUT2D eigenvalue weighted by Crippen LogP contribution is 2.35. The Hall–Kier alpha value is -1.74. The zero-order chi connectivity index (χ0) is 15.7. The van der Waals surface area contributed by atoms with E-state index in [1.54, 1.807) is 16.0 Å². The van der Waals surface area contributed by atoms with Gasteiger partial charge in [0.15, 0.2) is 0 Å². The van der Waals surface area contributed by atoms with Crippen molar-refractivity contribution in [3.63, 3.8) is 0 Å². The van der Waals surface area contributed by atoms with E-state index >= 15 is 0 Å². The number of nitrogens with zero attached hydrogens (tertiary/aromatic N) is 6. The molecule has 9 heteroatoms. The first-order valence-corrected chi connectivity index (χ1v) is 8.54. The molecule has 0 radical (unpaired) electrons. The number of thiophene rings is 1. The van der Waals surface area contributed by atoms with E-state index in [0.717, 1.165) is 10.0 Å². The molecule has 0 bridgehead atoms. The van der Waals surface area contributed by atoms with Gasteiger partial charge in [-0.1, -0.05) is 23.0 Å². The highest BCUT2D eigenvalue weighted by atomic mass is 32.2. The molecule has 1 unspecified atom stereocenters. The zero-order valence-corrected chi connectivity index (χ0v) is 14.4. The minimum atomic E-state index is -0.178. The van der Waals surface area contributed by atoms with Crippen molar-refractivity contribution in [3.8, 4) is 10.7 Å². The smallest absolute Gasteiger partial charge is 0.240 e. The van der Waals surface area contributed by atoms with E-state index in [1.807, 2.05) is 24.4 Å². The largest absolute Gasteiger partial charge is 0.338 e. The summed E-state index contributed by atoms with van der Waals surface area (Å²) in [6.07, 6.45) is 0. The third-order valence-corrected chi connectivity index (χ3v) is 4.78. The molecule has 7 nitrogen and oxygen atoms in total. The first-order valence-electron chi connectivity index (χ1n) is 6.78. The van der Waals surface area contributed by atoms with Crippen molar-refractivity contribution in [2.24, 2.45) is 0 Å². The van der Waals surface area contributed by atoms with E-state index in [-0.39, 0.29) is 10.8 Å². The Labute approximate surface area is 136 Å². The van der Waals surface area contributed by atoms with E-state index in [4.69, 9.17) is 4.52 Å². The Morgan fingerprint density at radius 3 is 2.86 bits per heavy atom. The normalized spacial score (nSPS) is 13.5. The van der Waals surface area contributed by atoms with Gasteiger partial charge in [-0.2, -0.15) is 4.98 Å². The Balaban J connectivity index is 1.78. The van der Waals surface area contributed by atoms with Crippen molar-refractivity contribution in [1.29, 1.82) is 0 Å². The van der Waals surface area contributed by atoms with Crippen molar-refractivity contribution in [2.45, 2.75) is 43.6 Å². The number of hydrogen-bond donors (Lipinski definition) is 0. The second kappa shape index (κ2) is 5.81. The summed E-state index contributed by atoms with van der Waals surface area (Å²) in [5.74, 6) is 1.18. The van der Waals surface area contributed by atoms with Crippen molar-refractivity contribution < 1.29 is 4.52 Å². The maximum atomic E-state index is 5.37. The molecule has 116 valence electrons. The van der Waals surface area contributed by atoms with Gasteiger partial charge in [-0.25, -0.2) is 4.68 Å². The number of aromatic nitrogens is 6. The Morgan fingerprint density at radius 2 is 2.18 bits per heavy atom. The molecule has 0 amide bonds. The van der Waals surface area contributed by atoms with Crippen LogP contribution in [-0.4, -0.2) is 30.3 Å². The molecular formula is C13H16N6OS2. The van der Waals surface area contributed by atoms with Crippen LogP contribution < -0.4 is 0 Å². The molecule has 3 rings (SSSR count).